The van der Waals surface area contributed by atoms with Crippen LogP contribution in [0.2, 0.25) is 0 Å². The lowest BCUT2D eigenvalue weighted by Gasteiger charge is -2.22. The number of aromatic amines is 1. The minimum atomic E-state index is -1.08. The number of nitrogens with one attached hydrogen (secondary N) is 2. The van der Waals surface area contributed by atoms with Crippen molar-refractivity contribution in [2.75, 3.05) is 0 Å². The number of rotatable bonds is 5. The fraction of sp³-hybridized carbons (Fsp3) is 0.250. The Bertz CT molecular complexity index is 869. The van der Waals surface area contributed by atoms with E-state index in [-0.39, 0.29) is 5.56 Å². The second kappa shape index (κ2) is 6.95. The lowest BCUT2D eigenvalue weighted by molar-refractivity contribution is -0.142. The number of carbonyl (C=O) groups is 2. The minimum absolute atomic E-state index is 0.268. The Balaban J connectivity index is 2.38. The van der Waals surface area contributed by atoms with E-state index in [9.17, 15) is 24.3 Å². The van der Waals surface area contributed by atoms with Gasteiger partial charge in [-0.3, -0.25) is 19.0 Å². The molecule has 3 N–H and O–H groups in total. The number of benzene rings is 1. The standard InChI is InChI=1S/C16H17N3O5/c1-9(15(22)23)12(10-6-4-3-5-7-10)18-13(20)11-8-17-16(24)19(2)14(11)21/h3-9,12H,1-2H3,(H,17,24)(H,18,20)(H,22,23). The van der Waals surface area contributed by atoms with E-state index in [1.54, 1.807) is 30.3 Å². The van der Waals surface area contributed by atoms with E-state index in [1.165, 1.54) is 14.0 Å². The summed E-state index contributed by atoms with van der Waals surface area (Å²) in [5.41, 5.74) is -1.07. The number of hydrogen-bond acceptors (Lipinski definition) is 4. The number of aromatic nitrogens is 2. The normalized spacial score (nSPS) is 13.1. The highest BCUT2D eigenvalue weighted by Crippen LogP contribution is 2.22. The summed E-state index contributed by atoms with van der Waals surface area (Å²) in [5, 5.41) is 11.8. The molecule has 2 unspecified atom stereocenters. The number of hydrogen-bond donors (Lipinski definition) is 3. The molecular weight excluding hydrogens is 314 g/mol. The highest BCUT2D eigenvalue weighted by molar-refractivity contribution is 5.94. The monoisotopic (exact) mass is 331 g/mol. The molecule has 0 aliphatic carbocycles. The van der Waals surface area contributed by atoms with Crippen molar-refractivity contribution in [1.29, 1.82) is 0 Å². The number of carbonyl (C=O) groups excluding carboxylic acids is 1. The number of nitrogens with zero attached hydrogens (tertiary/aromatic N) is 1. The molecular formula is C16H17N3O5. The van der Waals surface area contributed by atoms with Crippen molar-refractivity contribution in [3.05, 3.63) is 68.5 Å². The van der Waals surface area contributed by atoms with E-state index in [0.29, 0.717) is 5.56 Å². The Labute approximate surface area is 136 Å². The van der Waals surface area contributed by atoms with Gasteiger partial charge in [0.2, 0.25) is 0 Å². The number of aliphatic carboxylic acids is 1. The average molecular weight is 331 g/mol. The van der Waals surface area contributed by atoms with Crippen LogP contribution in [0, 0.1) is 5.92 Å². The molecule has 0 aliphatic heterocycles. The van der Waals surface area contributed by atoms with Crippen LogP contribution in [0.4, 0.5) is 0 Å². The molecule has 1 amide bonds. The predicted molar refractivity (Wildman–Crippen MR) is 85.8 cm³/mol. The summed E-state index contributed by atoms with van der Waals surface area (Å²) < 4.78 is 0.771. The molecule has 0 bridgehead atoms. The summed E-state index contributed by atoms with van der Waals surface area (Å²) in [6, 6.07) is 7.77. The first-order valence-corrected chi connectivity index (χ1v) is 7.20. The maximum atomic E-state index is 12.4. The maximum Gasteiger partial charge on any atom is 0.328 e. The lowest BCUT2D eigenvalue weighted by Crippen LogP contribution is -2.41. The van der Waals surface area contributed by atoms with Crippen molar-refractivity contribution in [2.24, 2.45) is 13.0 Å². The summed E-state index contributed by atoms with van der Waals surface area (Å²) in [5.74, 6) is -2.75. The van der Waals surface area contributed by atoms with Crippen LogP contribution in [-0.2, 0) is 11.8 Å². The van der Waals surface area contributed by atoms with Gasteiger partial charge < -0.3 is 15.4 Å². The van der Waals surface area contributed by atoms with Crippen molar-refractivity contribution in [1.82, 2.24) is 14.9 Å². The van der Waals surface area contributed by atoms with Crippen LogP contribution in [0.25, 0.3) is 0 Å². The smallest absolute Gasteiger partial charge is 0.328 e. The molecule has 126 valence electrons. The zero-order valence-electron chi connectivity index (χ0n) is 13.1. The molecule has 1 aromatic heterocycles. The second-order valence-corrected chi connectivity index (χ2v) is 5.36. The molecule has 0 radical (unpaired) electrons. The fourth-order valence-corrected chi connectivity index (χ4v) is 2.25. The largest absolute Gasteiger partial charge is 0.481 e. The number of amides is 1. The van der Waals surface area contributed by atoms with Crippen LogP contribution >= 0.6 is 0 Å². The molecule has 24 heavy (non-hydrogen) atoms. The van der Waals surface area contributed by atoms with Crippen molar-refractivity contribution in [3.8, 4) is 0 Å². The Kier molecular flexibility index (Phi) is 4.98. The summed E-state index contributed by atoms with van der Waals surface area (Å²) in [6.45, 7) is 1.46. The fourth-order valence-electron chi connectivity index (χ4n) is 2.25. The van der Waals surface area contributed by atoms with E-state index in [2.05, 4.69) is 10.3 Å². The first-order valence-electron chi connectivity index (χ1n) is 7.20. The third-order valence-corrected chi connectivity index (χ3v) is 3.76. The first kappa shape index (κ1) is 17.2. The minimum Gasteiger partial charge on any atom is -0.481 e. The Morgan fingerprint density at radius 1 is 1.21 bits per heavy atom. The van der Waals surface area contributed by atoms with Gasteiger partial charge in [-0.15, -0.1) is 0 Å². The quantitative estimate of drug-likeness (QED) is 0.726. The Morgan fingerprint density at radius 3 is 2.42 bits per heavy atom. The summed E-state index contributed by atoms with van der Waals surface area (Å²) >= 11 is 0. The molecule has 2 atom stereocenters. The molecule has 0 spiro atoms. The van der Waals surface area contributed by atoms with Crippen LogP contribution in [0.15, 0.2) is 46.1 Å². The van der Waals surface area contributed by atoms with Crippen LogP contribution < -0.4 is 16.6 Å². The van der Waals surface area contributed by atoms with E-state index in [1.807, 2.05) is 0 Å². The van der Waals surface area contributed by atoms with E-state index in [0.717, 1.165) is 10.8 Å². The molecule has 0 fully saturated rings. The Morgan fingerprint density at radius 2 is 1.83 bits per heavy atom. The van der Waals surface area contributed by atoms with Gasteiger partial charge in [-0.2, -0.15) is 0 Å². The molecule has 0 saturated heterocycles. The predicted octanol–water partition coefficient (Wildman–Crippen LogP) is 0.265. The highest BCUT2D eigenvalue weighted by atomic mass is 16.4. The molecule has 8 heteroatoms. The molecule has 8 nitrogen and oxygen atoms in total. The van der Waals surface area contributed by atoms with E-state index in [4.69, 9.17) is 0 Å². The van der Waals surface area contributed by atoms with E-state index >= 15 is 0 Å². The molecule has 1 heterocycles. The number of carboxylic acid groups (broad SMARTS) is 1. The van der Waals surface area contributed by atoms with Crippen molar-refractivity contribution in [2.45, 2.75) is 13.0 Å². The van der Waals surface area contributed by atoms with Crippen LogP contribution in [0.1, 0.15) is 28.9 Å². The van der Waals surface area contributed by atoms with Crippen molar-refractivity contribution >= 4 is 11.9 Å². The summed E-state index contributed by atoms with van der Waals surface area (Å²) in [6.07, 6.45) is 1.02. The van der Waals surface area contributed by atoms with Gasteiger partial charge in [-0.25, -0.2) is 4.79 Å². The molecule has 0 saturated carbocycles. The van der Waals surface area contributed by atoms with Crippen LogP contribution in [0.5, 0.6) is 0 Å². The third kappa shape index (κ3) is 3.43. The average Bonchev–Trinajstić information content (AvgIpc) is 2.57. The zero-order valence-corrected chi connectivity index (χ0v) is 13.1. The van der Waals surface area contributed by atoms with Crippen LogP contribution in [-0.4, -0.2) is 26.5 Å². The van der Waals surface area contributed by atoms with Gasteiger partial charge in [-0.1, -0.05) is 30.3 Å². The Hall–Kier alpha value is -3.16. The zero-order chi connectivity index (χ0) is 17.9. The maximum absolute atomic E-state index is 12.4. The summed E-state index contributed by atoms with van der Waals surface area (Å²) in [4.78, 5) is 49.4. The SMILES string of the molecule is CC(C(=O)O)C(NC(=O)c1c[nH]c(=O)n(C)c1=O)c1ccccc1. The van der Waals surface area contributed by atoms with Gasteiger partial charge >= 0.3 is 11.7 Å². The van der Waals surface area contributed by atoms with Gasteiger partial charge in [0.1, 0.15) is 5.56 Å². The number of carboxylic acids is 1. The van der Waals surface area contributed by atoms with Gasteiger partial charge in [0.05, 0.1) is 12.0 Å². The van der Waals surface area contributed by atoms with Crippen molar-refractivity contribution in [3.63, 3.8) is 0 Å². The lowest BCUT2D eigenvalue weighted by atomic mass is 9.94. The van der Waals surface area contributed by atoms with E-state index < -0.39 is 35.1 Å². The first-order chi connectivity index (χ1) is 11.3. The third-order valence-electron chi connectivity index (χ3n) is 3.76. The second-order valence-electron chi connectivity index (χ2n) is 5.36. The van der Waals surface area contributed by atoms with Crippen LogP contribution in [0.3, 0.4) is 0 Å². The molecule has 2 aromatic rings. The molecule has 2 rings (SSSR count). The summed E-state index contributed by atoms with van der Waals surface area (Å²) in [7, 11) is 1.24. The van der Waals surface area contributed by atoms with Gasteiger partial charge in [0, 0.05) is 13.2 Å². The van der Waals surface area contributed by atoms with Crippen molar-refractivity contribution < 1.29 is 14.7 Å². The topological polar surface area (TPSA) is 121 Å². The van der Waals surface area contributed by atoms with Gasteiger partial charge in [0.15, 0.2) is 0 Å². The highest BCUT2D eigenvalue weighted by Gasteiger charge is 2.28. The van der Waals surface area contributed by atoms with Gasteiger partial charge in [0.25, 0.3) is 11.5 Å². The van der Waals surface area contributed by atoms with Gasteiger partial charge in [-0.05, 0) is 12.5 Å². The number of H-pyrrole nitrogens is 1. The molecule has 1 aromatic carbocycles. The molecule has 0 aliphatic rings.